The predicted molar refractivity (Wildman–Crippen MR) is 110 cm³/mol. The molecule has 29 heavy (non-hydrogen) atoms. The third kappa shape index (κ3) is 4.54. The molecule has 0 saturated carbocycles. The van der Waals surface area contributed by atoms with E-state index in [0.717, 1.165) is 28.5 Å². The molecule has 5 N–H and O–H groups in total. The Kier molecular flexibility index (Phi) is 6.44. The number of benzene rings is 1. The van der Waals surface area contributed by atoms with Crippen molar-refractivity contribution >= 4 is 29.2 Å². The second-order valence-electron chi connectivity index (χ2n) is 6.16. The Balaban J connectivity index is 2.09. The average molecular weight is 415 g/mol. The molecule has 3 rings (SSSR count). The van der Waals surface area contributed by atoms with Crippen molar-refractivity contribution in [1.82, 2.24) is 15.3 Å². The molecule has 11 nitrogen and oxygen atoms in total. The van der Waals surface area contributed by atoms with Gasteiger partial charge in [-0.25, -0.2) is 4.98 Å². The number of hydrogen-bond donors (Lipinski definition) is 3. The van der Waals surface area contributed by atoms with E-state index in [2.05, 4.69) is 49.8 Å². The normalized spacial score (nSPS) is 13.9. The van der Waals surface area contributed by atoms with Crippen LogP contribution in [0, 0.1) is 0 Å². The first kappa shape index (κ1) is 20.3. The lowest BCUT2D eigenvalue weighted by Crippen LogP contribution is -2.08. The molecule has 2 heterocycles. The molecular formula is C17H21N9O2S. The van der Waals surface area contributed by atoms with Gasteiger partial charge >= 0.3 is 0 Å². The molecule has 152 valence electrons. The first-order valence-electron chi connectivity index (χ1n) is 8.62. The number of methoxy groups -OCH3 is 1. The third-order valence-electron chi connectivity index (χ3n) is 4.03. The quantitative estimate of drug-likeness (QED) is 0.349. The van der Waals surface area contributed by atoms with Gasteiger partial charge in [0.1, 0.15) is 11.5 Å². The number of ether oxygens (including phenoxy) is 2. The van der Waals surface area contributed by atoms with Crippen molar-refractivity contribution in [3.8, 4) is 17.2 Å². The number of nitrogens with two attached hydrogens (primary N) is 2. The van der Waals surface area contributed by atoms with Crippen LogP contribution in [0.5, 0.6) is 17.2 Å². The molecule has 1 aliphatic rings. The van der Waals surface area contributed by atoms with Crippen molar-refractivity contribution in [2.75, 3.05) is 13.0 Å². The predicted octanol–water partition coefficient (Wildman–Crippen LogP) is 3.91. The number of hydrogen-bond acceptors (Lipinski definition) is 10. The monoisotopic (exact) mass is 415 g/mol. The molecule has 0 atom stereocenters. The Bertz CT molecular complexity index is 976. The van der Waals surface area contributed by atoms with E-state index < -0.39 is 0 Å². The highest BCUT2D eigenvalue weighted by Crippen LogP contribution is 2.41. The second kappa shape index (κ2) is 9.19. The molecule has 0 amide bonds. The van der Waals surface area contributed by atoms with Crippen molar-refractivity contribution in [2.45, 2.75) is 19.8 Å². The maximum Gasteiger partial charge on any atom is 0.272 e. The highest BCUT2D eigenvalue weighted by molar-refractivity contribution is 8.02. The van der Waals surface area contributed by atoms with Gasteiger partial charge in [0, 0.05) is 11.1 Å². The highest BCUT2D eigenvalue weighted by atomic mass is 32.2. The zero-order valence-corrected chi connectivity index (χ0v) is 17.0. The summed E-state index contributed by atoms with van der Waals surface area (Å²) in [5.74, 6) is 12.9. The van der Waals surface area contributed by atoms with Crippen molar-refractivity contribution in [1.29, 1.82) is 0 Å². The van der Waals surface area contributed by atoms with Crippen molar-refractivity contribution in [3.05, 3.63) is 34.9 Å². The molecule has 1 aromatic heterocycles. The second-order valence-corrected chi connectivity index (χ2v) is 7.01. The van der Waals surface area contributed by atoms with E-state index in [4.69, 9.17) is 21.2 Å². The summed E-state index contributed by atoms with van der Waals surface area (Å²) in [6, 6.07) is 3.87. The van der Waals surface area contributed by atoms with Crippen LogP contribution in [-0.4, -0.2) is 23.0 Å². The molecule has 2 aromatic rings. The first-order chi connectivity index (χ1) is 14.1. The van der Waals surface area contributed by atoms with E-state index in [1.165, 1.54) is 6.20 Å². The van der Waals surface area contributed by atoms with Gasteiger partial charge in [0.2, 0.25) is 5.82 Å². The summed E-state index contributed by atoms with van der Waals surface area (Å²) in [7, 11) is 1.64. The van der Waals surface area contributed by atoms with E-state index in [9.17, 15) is 0 Å². The summed E-state index contributed by atoms with van der Waals surface area (Å²) in [5, 5.41) is 19.2. The first-order valence-corrected chi connectivity index (χ1v) is 9.67. The maximum atomic E-state index is 6.13. The van der Waals surface area contributed by atoms with Gasteiger partial charge in [-0.2, -0.15) is 4.98 Å². The zero-order chi connectivity index (χ0) is 20.8. The SMILES string of the molecule is COc1cc(C(C)C)c(Oc2cnc(N=NN)nc2N=NN)cc1C1=CSCN1. The van der Waals surface area contributed by atoms with Gasteiger partial charge in [-0.15, -0.1) is 16.9 Å². The Labute approximate surface area is 171 Å². The van der Waals surface area contributed by atoms with E-state index >= 15 is 0 Å². The van der Waals surface area contributed by atoms with Crippen LogP contribution in [0.3, 0.4) is 0 Å². The van der Waals surface area contributed by atoms with Gasteiger partial charge in [0.25, 0.3) is 5.95 Å². The Hall–Kier alpha value is -3.41. The zero-order valence-electron chi connectivity index (χ0n) is 16.2. The lowest BCUT2D eigenvalue weighted by Gasteiger charge is -2.19. The lowest BCUT2D eigenvalue weighted by atomic mass is 9.98. The van der Waals surface area contributed by atoms with Crippen LogP contribution < -0.4 is 26.5 Å². The van der Waals surface area contributed by atoms with Crippen molar-refractivity contribution in [3.63, 3.8) is 0 Å². The fourth-order valence-electron chi connectivity index (χ4n) is 2.71. The van der Waals surface area contributed by atoms with Gasteiger partial charge in [0.05, 0.1) is 24.9 Å². The van der Waals surface area contributed by atoms with Crippen molar-refractivity contribution in [2.24, 2.45) is 32.4 Å². The summed E-state index contributed by atoms with van der Waals surface area (Å²) in [6.07, 6.45) is 1.41. The van der Waals surface area contributed by atoms with Crippen LogP contribution in [0.4, 0.5) is 11.8 Å². The minimum absolute atomic E-state index is 0.0130. The number of nitrogens with zero attached hydrogens (tertiary/aromatic N) is 6. The molecule has 0 fully saturated rings. The van der Waals surface area contributed by atoms with Crippen LogP contribution >= 0.6 is 11.8 Å². The van der Waals surface area contributed by atoms with Gasteiger partial charge in [-0.3, -0.25) is 0 Å². The number of nitrogens with one attached hydrogen (secondary N) is 1. The third-order valence-corrected chi connectivity index (χ3v) is 4.75. The minimum atomic E-state index is 0.0130. The summed E-state index contributed by atoms with van der Waals surface area (Å²) in [4.78, 5) is 8.13. The molecule has 0 saturated heterocycles. The molecule has 1 aromatic carbocycles. The van der Waals surface area contributed by atoms with Gasteiger partial charge in [-0.05, 0) is 23.5 Å². The molecule has 0 radical (unpaired) electrons. The summed E-state index contributed by atoms with van der Waals surface area (Å²) in [6.45, 7) is 4.12. The summed E-state index contributed by atoms with van der Waals surface area (Å²) >= 11 is 1.67. The van der Waals surface area contributed by atoms with Gasteiger partial charge in [-0.1, -0.05) is 29.4 Å². The maximum absolute atomic E-state index is 6.13. The number of thioether (sulfide) groups is 1. The Morgan fingerprint density at radius 1 is 1.14 bits per heavy atom. The fraction of sp³-hybridized carbons (Fsp3) is 0.294. The summed E-state index contributed by atoms with van der Waals surface area (Å²) < 4.78 is 11.7. The molecule has 12 heteroatoms. The molecule has 1 aliphatic heterocycles. The van der Waals surface area contributed by atoms with Crippen LogP contribution in [-0.2, 0) is 0 Å². The van der Waals surface area contributed by atoms with Crippen molar-refractivity contribution < 1.29 is 9.47 Å². The van der Waals surface area contributed by atoms with Gasteiger partial charge in [0.15, 0.2) is 5.75 Å². The molecule has 0 unspecified atom stereocenters. The van der Waals surface area contributed by atoms with E-state index in [1.807, 2.05) is 17.5 Å². The Morgan fingerprint density at radius 3 is 2.55 bits per heavy atom. The Morgan fingerprint density at radius 2 is 1.93 bits per heavy atom. The standard InChI is InChI=1S/C17H21N9O2S/c1-9(2)10-4-13(27-3)11(12-7-29-8-21-12)5-14(10)28-15-6-20-17(24-26-19)22-16(15)23-25-18/h4-7,9,21H,8H2,1-3H3,(H4,18,19,20,22,23,24). The van der Waals surface area contributed by atoms with E-state index in [-0.39, 0.29) is 23.4 Å². The largest absolute Gasteiger partial charge is 0.496 e. The number of rotatable bonds is 7. The van der Waals surface area contributed by atoms with E-state index in [1.54, 1.807) is 18.9 Å². The molecule has 0 bridgehead atoms. The smallest absolute Gasteiger partial charge is 0.272 e. The van der Waals surface area contributed by atoms with Gasteiger partial charge < -0.3 is 26.5 Å². The topological polar surface area (TPSA) is 158 Å². The average Bonchev–Trinajstić information content (AvgIpc) is 3.24. The molecular weight excluding hydrogens is 394 g/mol. The van der Waals surface area contributed by atoms with Crippen LogP contribution in [0.2, 0.25) is 0 Å². The number of aromatic nitrogens is 2. The van der Waals surface area contributed by atoms with Crippen LogP contribution in [0.1, 0.15) is 30.9 Å². The van der Waals surface area contributed by atoms with Crippen LogP contribution in [0.25, 0.3) is 5.70 Å². The van der Waals surface area contributed by atoms with E-state index in [0.29, 0.717) is 5.75 Å². The summed E-state index contributed by atoms with van der Waals surface area (Å²) in [5.41, 5.74) is 2.79. The minimum Gasteiger partial charge on any atom is -0.496 e. The fourth-order valence-corrected chi connectivity index (χ4v) is 3.41. The van der Waals surface area contributed by atoms with Crippen LogP contribution in [0.15, 0.2) is 44.4 Å². The molecule has 0 aliphatic carbocycles. The lowest BCUT2D eigenvalue weighted by molar-refractivity contribution is 0.409. The molecule has 0 spiro atoms. The highest BCUT2D eigenvalue weighted by Gasteiger charge is 2.20.